The molecular weight excluding hydrogens is 222 g/mol. The van der Waals surface area contributed by atoms with E-state index in [0.29, 0.717) is 5.13 Å². The molecule has 0 radical (unpaired) electrons. The Labute approximate surface area is 100 Å². The molecule has 2 N–H and O–H groups in total. The lowest BCUT2D eigenvalue weighted by Gasteiger charge is -2.45. The van der Waals surface area contributed by atoms with E-state index in [1.165, 1.54) is 11.3 Å². The van der Waals surface area contributed by atoms with Crippen molar-refractivity contribution >= 4 is 16.5 Å². The zero-order valence-corrected chi connectivity index (χ0v) is 10.9. The summed E-state index contributed by atoms with van der Waals surface area (Å²) >= 11 is 1.48. The molecule has 0 saturated carbocycles. The summed E-state index contributed by atoms with van der Waals surface area (Å²) in [6, 6.07) is 0. The average Bonchev–Trinajstić information content (AvgIpc) is 2.57. The van der Waals surface area contributed by atoms with Crippen molar-refractivity contribution in [1.82, 2.24) is 20.0 Å². The van der Waals surface area contributed by atoms with E-state index in [4.69, 9.17) is 5.73 Å². The minimum Gasteiger partial charge on any atom is -0.374 e. The van der Waals surface area contributed by atoms with Gasteiger partial charge in [-0.15, -0.1) is 10.2 Å². The zero-order valence-electron chi connectivity index (χ0n) is 10.1. The fourth-order valence-electron chi connectivity index (χ4n) is 2.00. The monoisotopic (exact) mass is 241 g/mol. The highest BCUT2D eigenvalue weighted by Gasteiger charge is 2.31. The van der Waals surface area contributed by atoms with Crippen LogP contribution in [0.4, 0.5) is 5.13 Å². The second-order valence-electron chi connectivity index (χ2n) is 4.98. The standard InChI is InChI=1S/C10H19N5S/c1-10(2)7-15(5-4-14(10)3)6-8-12-13-9(11)16-8/h4-7H2,1-3H3,(H2,11,13). The second-order valence-corrected chi connectivity index (χ2v) is 6.07. The maximum absolute atomic E-state index is 5.58. The molecule has 2 rings (SSSR count). The molecule has 1 aromatic heterocycles. The van der Waals surface area contributed by atoms with Gasteiger partial charge in [0.2, 0.25) is 5.13 Å². The summed E-state index contributed by atoms with van der Waals surface area (Å²) < 4.78 is 0. The summed E-state index contributed by atoms with van der Waals surface area (Å²) in [6.07, 6.45) is 0. The highest BCUT2D eigenvalue weighted by atomic mass is 32.1. The average molecular weight is 241 g/mol. The van der Waals surface area contributed by atoms with E-state index < -0.39 is 0 Å². The van der Waals surface area contributed by atoms with Crippen molar-refractivity contribution in [3.8, 4) is 0 Å². The summed E-state index contributed by atoms with van der Waals surface area (Å²) in [6.45, 7) is 8.65. The van der Waals surface area contributed by atoms with Gasteiger partial charge in [0.05, 0.1) is 6.54 Å². The van der Waals surface area contributed by atoms with E-state index in [9.17, 15) is 0 Å². The van der Waals surface area contributed by atoms with Crippen molar-refractivity contribution in [3.63, 3.8) is 0 Å². The number of nitrogens with two attached hydrogens (primary N) is 1. The van der Waals surface area contributed by atoms with Crippen LogP contribution >= 0.6 is 11.3 Å². The summed E-state index contributed by atoms with van der Waals surface area (Å²) in [5.41, 5.74) is 5.81. The predicted octanol–water partition coefficient (Wildman–Crippen LogP) is 0.646. The van der Waals surface area contributed by atoms with Crippen molar-refractivity contribution in [2.45, 2.75) is 25.9 Å². The Balaban J connectivity index is 1.97. The highest BCUT2D eigenvalue weighted by Crippen LogP contribution is 2.21. The Morgan fingerprint density at radius 3 is 2.69 bits per heavy atom. The van der Waals surface area contributed by atoms with E-state index in [1.807, 2.05) is 0 Å². The van der Waals surface area contributed by atoms with Gasteiger partial charge in [-0.25, -0.2) is 0 Å². The maximum atomic E-state index is 5.58. The molecule has 0 aromatic carbocycles. The van der Waals surface area contributed by atoms with Crippen LogP contribution in [0.3, 0.4) is 0 Å². The van der Waals surface area contributed by atoms with Crippen LogP contribution in [0, 0.1) is 0 Å². The zero-order chi connectivity index (χ0) is 11.8. The number of rotatable bonds is 2. The first-order valence-electron chi connectivity index (χ1n) is 5.49. The lowest BCUT2D eigenvalue weighted by molar-refractivity contribution is 0.0359. The fourth-order valence-corrected chi connectivity index (χ4v) is 2.65. The number of aromatic nitrogens is 2. The molecule has 1 saturated heterocycles. The molecule has 0 aliphatic carbocycles. The van der Waals surface area contributed by atoms with Gasteiger partial charge < -0.3 is 5.73 Å². The molecule has 90 valence electrons. The first-order valence-corrected chi connectivity index (χ1v) is 6.30. The van der Waals surface area contributed by atoms with E-state index in [-0.39, 0.29) is 5.54 Å². The van der Waals surface area contributed by atoms with Crippen molar-refractivity contribution < 1.29 is 0 Å². The number of hydrogen-bond donors (Lipinski definition) is 1. The van der Waals surface area contributed by atoms with Crippen LogP contribution in [0.25, 0.3) is 0 Å². The van der Waals surface area contributed by atoms with Gasteiger partial charge in [0.15, 0.2) is 0 Å². The fraction of sp³-hybridized carbons (Fsp3) is 0.800. The second kappa shape index (κ2) is 4.27. The van der Waals surface area contributed by atoms with Crippen LogP contribution in [0.5, 0.6) is 0 Å². The first-order chi connectivity index (χ1) is 7.47. The molecule has 0 amide bonds. The van der Waals surface area contributed by atoms with Gasteiger partial charge in [-0.3, -0.25) is 9.80 Å². The summed E-state index contributed by atoms with van der Waals surface area (Å²) in [4.78, 5) is 4.82. The lowest BCUT2D eigenvalue weighted by Crippen LogP contribution is -2.57. The SMILES string of the molecule is CN1CCN(Cc2nnc(N)s2)CC1(C)C. The van der Waals surface area contributed by atoms with Gasteiger partial charge in [-0.05, 0) is 20.9 Å². The van der Waals surface area contributed by atoms with Crippen LogP contribution in [0.15, 0.2) is 0 Å². The molecule has 16 heavy (non-hydrogen) atoms. The van der Waals surface area contributed by atoms with E-state index in [1.54, 1.807) is 0 Å². The van der Waals surface area contributed by atoms with E-state index in [2.05, 4.69) is 40.9 Å². The predicted molar refractivity (Wildman–Crippen MR) is 66.3 cm³/mol. The van der Waals surface area contributed by atoms with Crippen LogP contribution in [-0.4, -0.2) is 52.2 Å². The molecule has 1 aliphatic heterocycles. The molecule has 0 spiro atoms. The topological polar surface area (TPSA) is 58.3 Å². The van der Waals surface area contributed by atoms with Gasteiger partial charge in [0.25, 0.3) is 0 Å². The summed E-state index contributed by atoms with van der Waals surface area (Å²) in [7, 11) is 2.18. The molecule has 5 nitrogen and oxygen atoms in total. The maximum Gasteiger partial charge on any atom is 0.203 e. The van der Waals surface area contributed by atoms with Gasteiger partial charge >= 0.3 is 0 Å². The molecule has 2 heterocycles. The third-order valence-corrected chi connectivity index (χ3v) is 3.97. The molecule has 0 bridgehead atoms. The number of nitrogens with zero attached hydrogens (tertiary/aromatic N) is 4. The highest BCUT2D eigenvalue weighted by molar-refractivity contribution is 7.15. The Bertz CT molecular complexity index is 362. The minimum absolute atomic E-state index is 0.231. The van der Waals surface area contributed by atoms with Crippen molar-refractivity contribution in [2.24, 2.45) is 0 Å². The van der Waals surface area contributed by atoms with Crippen molar-refractivity contribution in [3.05, 3.63) is 5.01 Å². The Morgan fingerprint density at radius 2 is 2.12 bits per heavy atom. The Morgan fingerprint density at radius 1 is 1.38 bits per heavy atom. The normalized spacial score (nSPS) is 22.4. The third kappa shape index (κ3) is 2.50. The van der Waals surface area contributed by atoms with Crippen LogP contribution in [-0.2, 0) is 6.54 Å². The number of piperazine rings is 1. The Hall–Kier alpha value is -0.720. The molecule has 0 atom stereocenters. The molecular formula is C10H19N5S. The van der Waals surface area contributed by atoms with Gasteiger partial charge in [-0.1, -0.05) is 11.3 Å². The third-order valence-electron chi connectivity index (χ3n) is 3.24. The lowest BCUT2D eigenvalue weighted by atomic mass is 10.00. The van der Waals surface area contributed by atoms with Gasteiger partial charge in [0.1, 0.15) is 5.01 Å². The molecule has 6 heteroatoms. The number of hydrogen-bond acceptors (Lipinski definition) is 6. The van der Waals surface area contributed by atoms with Crippen molar-refractivity contribution in [2.75, 3.05) is 32.4 Å². The van der Waals surface area contributed by atoms with Gasteiger partial charge in [0, 0.05) is 25.2 Å². The van der Waals surface area contributed by atoms with Crippen LogP contribution < -0.4 is 5.73 Å². The van der Waals surface area contributed by atoms with E-state index >= 15 is 0 Å². The molecule has 1 aliphatic rings. The quantitative estimate of drug-likeness (QED) is 0.823. The van der Waals surface area contributed by atoms with Crippen molar-refractivity contribution in [1.29, 1.82) is 0 Å². The number of nitrogen functional groups attached to an aromatic ring is 1. The molecule has 1 fully saturated rings. The summed E-state index contributed by atoms with van der Waals surface area (Å²) in [5.74, 6) is 0. The minimum atomic E-state index is 0.231. The summed E-state index contributed by atoms with van der Waals surface area (Å²) in [5, 5.41) is 9.48. The molecule has 0 unspecified atom stereocenters. The largest absolute Gasteiger partial charge is 0.374 e. The smallest absolute Gasteiger partial charge is 0.203 e. The number of likely N-dealkylation sites (N-methyl/N-ethyl adjacent to an activating group) is 1. The number of anilines is 1. The van der Waals surface area contributed by atoms with E-state index in [0.717, 1.165) is 31.2 Å². The van der Waals surface area contributed by atoms with Crippen LogP contribution in [0.2, 0.25) is 0 Å². The first kappa shape index (κ1) is 11.8. The van der Waals surface area contributed by atoms with Crippen LogP contribution in [0.1, 0.15) is 18.9 Å². The van der Waals surface area contributed by atoms with Gasteiger partial charge in [-0.2, -0.15) is 0 Å². The Kier molecular flexibility index (Phi) is 3.14. The molecule has 1 aromatic rings.